The molecule has 7 heteroatoms. The zero-order chi connectivity index (χ0) is 24.4. The molecule has 1 aliphatic rings. The number of hydrogen-bond donors (Lipinski definition) is 4. The Labute approximate surface area is 195 Å². The largest absolute Gasteiger partial charge is 0.478 e. The van der Waals surface area contributed by atoms with Gasteiger partial charge in [0.15, 0.2) is 6.29 Å². The molecule has 0 heterocycles. The first-order chi connectivity index (χ1) is 15.2. The van der Waals surface area contributed by atoms with Crippen LogP contribution in [0.5, 0.6) is 0 Å². The molecule has 0 spiro atoms. The Kier molecular flexibility index (Phi) is 16.2. The molecule has 7 nitrogen and oxygen atoms in total. The zero-order valence-electron chi connectivity index (χ0n) is 20.8. The minimum absolute atomic E-state index is 0.0900. The van der Waals surface area contributed by atoms with Gasteiger partial charge in [0, 0.05) is 18.5 Å². The van der Waals surface area contributed by atoms with Crippen molar-refractivity contribution in [3.8, 4) is 0 Å². The van der Waals surface area contributed by atoms with Crippen LogP contribution in [0.4, 0.5) is 0 Å². The molecule has 0 saturated heterocycles. The number of aldehydes is 1. The third-order valence-corrected chi connectivity index (χ3v) is 5.47. The fourth-order valence-corrected chi connectivity index (χ4v) is 3.12. The Bertz CT molecular complexity index is 592. The molecule has 1 rings (SSSR count). The van der Waals surface area contributed by atoms with Crippen molar-refractivity contribution in [3.05, 3.63) is 23.7 Å². The van der Waals surface area contributed by atoms with E-state index >= 15 is 0 Å². The van der Waals surface area contributed by atoms with E-state index in [-0.39, 0.29) is 17.4 Å². The summed E-state index contributed by atoms with van der Waals surface area (Å²) >= 11 is 0. The van der Waals surface area contributed by atoms with Crippen molar-refractivity contribution >= 4 is 18.4 Å². The number of rotatable bonds is 10. The summed E-state index contributed by atoms with van der Waals surface area (Å²) in [5, 5.41) is 13.4. The van der Waals surface area contributed by atoms with Gasteiger partial charge in [0.1, 0.15) is 0 Å². The number of carbonyl (C=O) groups excluding carboxylic acids is 2. The summed E-state index contributed by atoms with van der Waals surface area (Å²) in [5.41, 5.74) is 4.52. The molecule has 32 heavy (non-hydrogen) atoms. The lowest BCUT2D eigenvalue weighted by Crippen LogP contribution is -2.30. The van der Waals surface area contributed by atoms with E-state index in [1.807, 2.05) is 13.8 Å². The highest BCUT2D eigenvalue weighted by Crippen LogP contribution is 2.17. The molecule has 0 aliphatic heterocycles. The third-order valence-electron chi connectivity index (χ3n) is 5.47. The van der Waals surface area contributed by atoms with Crippen LogP contribution >= 0.6 is 0 Å². The molecule has 1 aliphatic carbocycles. The number of nitrogens with two attached hydrogens (primary N) is 1. The first kappa shape index (κ1) is 29.9. The summed E-state index contributed by atoms with van der Waals surface area (Å²) in [6.07, 6.45) is 17.5. The van der Waals surface area contributed by atoms with Crippen molar-refractivity contribution in [3.63, 3.8) is 0 Å². The van der Waals surface area contributed by atoms with Gasteiger partial charge in [0.25, 0.3) is 0 Å². The smallest absolute Gasteiger partial charge is 0.226 e. The van der Waals surface area contributed by atoms with Crippen molar-refractivity contribution < 1.29 is 14.3 Å². The molecule has 0 aromatic heterocycles. The highest BCUT2D eigenvalue weighted by atomic mass is 16.5. The van der Waals surface area contributed by atoms with Crippen LogP contribution < -0.4 is 16.4 Å². The van der Waals surface area contributed by atoms with Gasteiger partial charge in [0.2, 0.25) is 11.8 Å². The van der Waals surface area contributed by atoms with Crippen LogP contribution in [-0.4, -0.2) is 38.1 Å². The van der Waals surface area contributed by atoms with Gasteiger partial charge in [-0.2, -0.15) is 0 Å². The van der Waals surface area contributed by atoms with Crippen LogP contribution in [0.25, 0.3) is 0 Å². The molecule has 0 aromatic rings. The number of nitrogens with one attached hydrogen (secondary N) is 3. The fraction of sp³-hybridized carbons (Fsp3) is 0.720. The molecule has 0 radical (unpaired) electrons. The van der Waals surface area contributed by atoms with Gasteiger partial charge in [-0.1, -0.05) is 64.9 Å². The summed E-state index contributed by atoms with van der Waals surface area (Å²) in [4.78, 5) is 22.0. The number of ether oxygens (including phenoxy) is 1. The maximum atomic E-state index is 11.2. The van der Waals surface area contributed by atoms with Crippen molar-refractivity contribution in [2.24, 2.45) is 17.1 Å². The molecule has 184 valence electrons. The van der Waals surface area contributed by atoms with Gasteiger partial charge in [0.05, 0.1) is 17.6 Å². The SMILES string of the molecule is CC(C)CO/C(N/C=C/C(C)(C)C(N)=O)=C(/C=N)C=O.CNC1CCCCCCCCC1. The van der Waals surface area contributed by atoms with Crippen molar-refractivity contribution in [2.75, 3.05) is 13.7 Å². The summed E-state index contributed by atoms with van der Waals surface area (Å²) in [6, 6.07) is 0.808. The predicted molar refractivity (Wildman–Crippen MR) is 132 cm³/mol. The van der Waals surface area contributed by atoms with E-state index in [0.29, 0.717) is 12.9 Å². The van der Waals surface area contributed by atoms with E-state index in [9.17, 15) is 9.59 Å². The fourth-order valence-electron chi connectivity index (χ4n) is 3.12. The average Bonchev–Trinajstić information content (AvgIpc) is 2.76. The van der Waals surface area contributed by atoms with Gasteiger partial charge in [-0.3, -0.25) is 9.59 Å². The molecule has 1 fully saturated rings. The number of allylic oxidation sites excluding steroid dienone is 1. The minimum atomic E-state index is -0.817. The Morgan fingerprint density at radius 3 is 2.06 bits per heavy atom. The topological polar surface area (TPSA) is 117 Å². The number of hydrogen-bond acceptors (Lipinski definition) is 6. The second-order valence-corrected chi connectivity index (χ2v) is 9.35. The molecular formula is C25H46N4O3. The predicted octanol–water partition coefficient (Wildman–Crippen LogP) is 4.43. The van der Waals surface area contributed by atoms with E-state index < -0.39 is 11.3 Å². The van der Waals surface area contributed by atoms with Crippen LogP contribution in [0.3, 0.4) is 0 Å². The lowest BCUT2D eigenvalue weighted by atomic mass is 9.93. The highest BCUT2D eigenvalue weighted by Gasteiger charge is 2.20. The van der Waals surface area contributed by atoms with Crippen molar-refractivity contribution in [1.82, 2.24) is 10.6 Å². The van der Waals surface area contributed by atoms with Crippen molar-refractivity contribution in [1.29, 1.82) is 5.41 Å². The second-order valence-electron chi connectivity index (χ2n) is 9.35. The normalized spacial score (nSPS) is 17.1. The average molecular weight is 451 g/mol. The summed E-state index contributed by atoms with van der Waals surface area (Å²) in [5.74, 6) is -0.0106. The maximum Gasteiger partial charge on any atom is 0.226 e. The number of primary amides is 1. The zero-order valence-corrected chi connectivity index (χ0v) is 20.8. The standard InChI is InChI=1S/C14H23N3O3.C11H23N/c1-10(2)9-20-12(11(7-15)8-18)17-6-5-14(3,4)13(16)19;1-12-11-9-7-5-3-2-4-6-8-10-11/h5-8,10,15,17H,9H2,1-4H3,(H2,16,19);11-12H,2-10H2,1H3/b6-5+,12-11-,15-7?;. The molecule has 0 atom stereocenters. The third kappa shape index (κ3) is 14.0. The minimum Gasteiger partial charge on any atom is -0.478 e. The summed E-state index contributed by atoms with van der Waals surface area (Å²) in [6.45, 7) is 7.68. The van der Waals surface area contributed by atoms with Gasteiger partial charge >= 0.3 is 0 Å². The Morgan fingerprint density at radius 2 is 1.66 bits per heavy atom. The molecule has 1 amide bonds. The van der Waals surface area contributed by atoms with Crippen LogP contribution in [0.15, 0.2) is 23.7 Å². The Morgan fingerprint density at radius 1 is 1.12 bits per heavy atom. The number of amides is 1. The quantitative estimate of drug-likeness (QED) is 0.170. The summed E-state index contributed by atoms with van der Waals surface area (Å²) < 4.78 is 5.44. The lowest BCUT2D eigenvalue weighted by molar-refractivity contribution is -0.123. The van der Waals surface area contributed by atoms with E-state index in [1.54, 1.807) is 19.9 Å². The number of carbonyl (C=O) groups is 2. The van der Waals surface area contributed by atoms with Crippen LogP contribution in [-0.2, 0) is 14.3 Å². The maximum absolute atomic E-state index is 11.2. The molecule has 0 aromatic carbocycles. The van der Waals surface area contributed by atoms with Crippen LogP contribution in [0.2, 0.25) is 0 Å². The van der Waals surface area contributed by atoms with Gasteiger partial charge in [-0.15, -0.1) is 0 Å². The van der Waals surface area contributed by atoms with Crippen molar-refractivity contribution in [2.45, 2.75) is 91.5 Å². The highest BCUT2D eigenvalue weighted by molar-refractivity contribution is 6.00. The van der Waals surface area contributed by atoms with Crippen LogP contribution in [0.1, 0.15) is 85.5 Å². The second kappa shape index (κ2) is 17.4. The molecule has 5 N–H and O–H groups in total. The molecular weight excluding hydrogens is 404 g/mol. The first-order valence-electron chi connectivity index (χ1n) is 11.9. The Balaban J connectivity index is 0.000000677. The molecule has 0 bridgehead atoms. The summed E-state index contributed by atoms with van der Waals surface area (Å²) in [7, 11) is 2.11. The lowest BCUT2D eigenvalue weighted by Gasteiger charge is -2.17. The monoisotopic (exact) mass is 450 g/mol. The van der Waals surface area contributed by atoms with E-state index in [4.69, 9.17) is 15.9 Å². The molecule has 1 saturated carbocycles. The van der Waals surface area contributed by atoms with E-state index in [1.165, 1.54) is 64.0 Å². The van der Waals surface area contributed by atoms with Gasteiger partial charge in [-0.25, -0.2) is 0 Å². The van der Waals surface area contributed by atoms with E-state index in [0.717, 1.165) is 12.3 Å². The van der Waals surface area contributed by atoms with Gasteiger partial charge in [-0.05, 0) is 39.7 Å². The van der Waals surface area contributed by atoms with Gasteiger partial charge < -0.3 is 26.5 Å². The van der Waals surface area contributed by atoms with Crippen LogP contribution in [0, 0.1) is 16.7 Å². The first-order valence-corrected chi connectivity index (χ1v) is 11.9. The Hall–Kier alpha value is -2.15. The molecule has 0 unspecified atom stereocenters. The van der Waals surface area contributed by atoms with E-state index in [2.05, 4.69) is 17.7 Å².